The van der Waals surface area contributed by atoms with E-state index in [9.17, 15) is 4.79 Å². The van der Waals surface area contributed by atoms with Crippen LogP contribution in [0.2, 0.25) is 0 Å². The number of aryl methyl sites for hydroxylation is 1. The molecular formula is C28H28O3. The van der Waals surface area contributed by atoms with Crippen molar-refractivity contribution in [2.75, 3.05) is 6.79 Å². The van der Waals surface area contributed by atoms with E-state index in [4.69, 9.17) is 9.47 Å². The van der Waals surface area contributed by atoms with Crippen LogP contribution < -0.4 is 9.47 Å². The average Bonchev–Trinajstić information content (AvgIpc) is 3.45. The number of ether oxygens (including phenoxy) is 2. The molecule has 0 unspecified atom stereocenters. The summed E-state index contributed by atoms with van der Waals surface area (Å²) in [5, 5.41) is 0. The normalized spacial score (nSPS) is 15.9. The van der Waals surface area contributed by atoms with Crippen molar-refractivity contribution in [1.29, 1.82) is 0 Å². The summed E-state index contributed by atoms with van der Waals surface area (Å²) in [6.45, 7) is 6.82. The molecule has 3 heteroatoms. The van der Waals surface area contributed by atoms with Crippen molar-refractivity contribution in [2.24, 2.45) is 0 Å². The summed E-state index contributed by atoms with van der Waals surface area (Å²) in [5.74, 6) is 2.31. The van der Waals surface area contributed by atoms with Gasteiger partial charge in [0.1, 0.15) is 5.78 Å². The van der Waals surface area contributed by atoms with E-state index in [0.717, 1.165) is 35.5 Å². The molecule has 1 aliphatic carbocycles. The Balaban J connectivity index is 1.36. The summed E-state index contributed by atoms with van der Waals surface area (Å²) < 4.78 is 10.9. The Morgan fingerprint density at radius 2 is 1.77 bits per heavy atom. The van der Waals surface area contributed by atoms with Crippen LogP contribution in [0.3, 0.4) is 0 Å². The Hall–Kier alpha value is -3.07. The smallest absolute Gasteiger partial charge is 0.231 e. The van der Waals surface area contributed by atoms with Gasteiger partial charge in [-0.05, 0) is 71.2 Å². The van der Waals surface area contributed by atoms with Gasteiger partial charge in [0.2, 0.25) is 6.79 Å². The van der Waals surface area contributed by atoms with Crippen molar-refractivity contribution in [3.8, 4) is 22.6 Å². The molecule has 0 amide bonds. The van der Waals surface area contributed by atoms with E-state index < -0.39 is 0 Å². The summed E-state index contributed by atoms with van der Waals surface area (Å²) in [7, 11) is 0. The summed E-state index contributed by atoms with van der Waals surface area (Å²) in [4.78, 5) is 13.3. The number of ketones is 1. The van der Waals surface area contributed by atoms with Gasteiger partial charge in [-0.2, -0.15) is 0 Å². The average molecular weight is 413 g/mol. The molecule has 0 bridgehead atoms. The van der Waals surface area contributed by atoms with E-state index in [-0.39, 0.29) is 12.2 Å². The summed E-state index contributed by atoms with van der Waals surface area (Å²) in [5.41, 5.74) is 6.80. The molecule has 1 aliphatic heterocycles. The Labute approximate surface area is 184 Å². The third-order valence-corrected chi connectivity index (χ3v) is 6.73. The van der Waals surface area contributed by atoms with Crippen LogP contribution in [0.25, 0.3) is 11.1 Å². The van der Waals surface area contributed by atoms with Gasteiger partial charge in [0.15, 0.2) is 11.5 Å². The number of hydrogen-bond acceptors (Lipinski definition) is 3. The molecule has 3 nitrogen and oxygen atoms in total. The maximum Gasteiger partial charge on any atom is 0.231 e. The number of rotatable bonds is 6. The fourth-order valence-corrected chi connectivity index (χ4v) is 4.63. The van der Waals surface area contributed by atoms with Gasteiger partial charge < -0.3 is 9.47 Å². The number of hydrogen-bond donors (Lipinski definition) is 0. The van der Waals surface area contributed by atoms with Gasteiger partial charge in [-0.3, -0.25) is 4.79 Å². The van der Waals surface area contributed by atoms with Crippen LogP contribution in [0.5, 0.6) is 11.5 Å². The Kier molecular flexibility index (Phi) is 4.85. The van der Waals surface area contributed by atoms with Crippen molar-refractivity contribution in [1.82, 2.24) is 0 Å². The lowest BCUT2D eigenvalue weighted by Crippen LogP contribution is -2.22. The molecule has 2 aliphatic rings. The van der Waals surface area contributed by atoms with Crippen LogP contribution in [0.4, 0.5) is 0 Å². The standard InChI is InChI=1S/C28H28O3/c1-18(2)21-5-4-6-22(15-21)24-9-7-20(13-19(24)3)14-27(29)28(11-12-28)23-8-10-25-26(16-23)31-17-30-25/h4-10,13,15-16,18H,11-12,14,17H2,1-3H3. The van der Waals surface area contributed by atoms with Crippen LogP contribution >= 0.6 is 0 Å². The first kappa shape index (κ1) is 19.9. The van der Waals surface area contributed by atoms with Gasteiger partial charge in [-0.15, -0.1) is 0 Å². The third kappa shape index (κ3) is 3.63. The van der Waals surface area contributed by atoms with Gasteiger partial charge in [-0.25, -0.2) is 0 Å². The van der Waals surface area contributed by atoms with Gasteiger partial charge >= 0.3 is 0 Å². The minimum atomic E-state index is -0.362. The van der Waals surface area contributed by atoms with Crippen LogP contribution in [-0.2, 0) is 16.6 Å². The second-order valence-electron chi connectivity index (χ2n) is 9.18. The van der Waals surface area contributed by atoms with Crippen LogP contribution in [0, 0.1) is 6.92 Å². The molecular weight excluding hydrogens is 384 g/mol. The van der Waals surface area contributed by atoms with Gasteiger partial charge in [0, 0.05) is 6.42 Å². The maximum atomic E-state index is 13.3. The summed E-state index contributed by atoms with van der Waals surface area (Å²) >= 11 is 0. The van der Waals surface area contributed by atoms with E-state index >= 15 is 0 Å². The lowest BCUT2D eigenvalue weighted by Gasteiger charge is -2.16. The second-order valence-corrected chi connectivity index (χ2v) is 9.18. The molecule has 5 rings (SSSR count). The first-order chi connectivity index (χ1) is 15.0. The van der Waals surface area contributed by atoms with Crippen LogP contribution in [0.15, 0.2) is 60.7 Å². The van der Waals surface area contributed by atoms with Crippen LogP contribution in [-0.4, -0.2) is 12.6 Å². The fraction of sp³-hybridized carbons (Fsp3) is 0.321. The number of fused-ring (bicyclic) bond motifs is 1. The van der Waals surface area contributed by atoms with E-state index in [1.165, 1.54) is 22.3 Å². The summed E-state index contributed by atoms with van der Waals surface area (Å²) in [6.07, 6.45) is 2.27. The Morgan fingerprint density at radius 1 is 0.968 bits per heavy atom. The highest BCUT2D eigenvalue weighted by Gasteiger charge is 2.50. The van der Waals surface area contributed by atoms with Crippen molar-refractivity contribution in [3.05, 3.63) is 82.9 Å². The lowest BCUT2D eigenvalue weighted by atomic mass is 9.87. The van der Waals surface area contributed by atoms with Crippen molar-refractivity contribution in [3.63, 3.8) is 0 Å². The first-order valence-electron chi connectivity index (χ1n) is 11.1. The molecule has 1 heterocycles. The highest BCUT2D eigenvalue weighted by Crippen LogP contribution is 2.51. The Morgan fingerprint density at radius 3 is 2.52 bits per heavy atom. The van der Waals surface area contributed by atoms with E-state index in [1.807, 2.05) is 18.2 Å². The van der Waals surface area contributed by atoms with E-state index in [0.29, 0.717) is 18.1 Å². The number of carbonyl (C=O) groups is 1. The van der Waals surface area contributed by atoms with Crippen molar-refractivity contribution in [2.45, 2.75) is 51.4 Å². The summed E-state index contributed by atoms with van der Waals surface area (Å²) in [6, 6.07) is 21.1. The molecule has 1 fully saturated rings. The first-order valence-corrected chi connectivity index (χ1v) is 11.1. The maximum absolute atomic E-state index is 13.3. The largest absolute Gasteiger partial charge is 0.454 e. The number of benzene rings is 3. The molecule has 0 atom stereocenters. The molecule has 0 saturated heterocycles. The zero-order valence-corrected chi connectivity index (χ0v) is 18.4. The third-order valence-electron chi connectivity index (χ3n) is 6.73. The van der Waals surface area contributed by atoms with Crippen molar-refractivity contribution >= 4 is 5.78 Å². The van der Waals surface area contributed by atoms with E-state index in [2.05, 4.69) is 63.2 Å². The SMILES string of the molecule is Cc1cc(CC(=O)C2(c3ccc4c(c3)OCO4)CC2)ccc1-c1cccc(C(C)C)c1. The second kappa shape index (κ2) is 7.56. The zero-order valence-electron chi connectivity index (χ0n) is 18.4. The molecule has 3 aromatic carbocycles. The molecule has 31 heavy (non-hydrogen) atoms. The predicted octanol–water partition coefficient (Wildman–Crippen LogP) is 6.36. The minimum Gasteiger partial charge on any atom is -0.454 e. The quantitative estimate of drug-likeness (QED) is 0.473. The molecule has 3 aromatic rings. The fourth-order valence-electron chi connectivity index (χ4n) is 4.63. The zero-order chi connectivity index (χ0) is 21.6. The van der Waals surface area contributed by atoms with Crippen molar-refractivity contribution < 1.29 is 14.3 Å². The topological polar surface area (TPSA) is 35.5 Å². The molecule has 0 N–H and O–H groups in total. The number of carbonyl (C=O) groups excluding carboxylic acids is 1. The molecule has 158 valence electrons. The Bertz CT molecular complexity index is 1150. The minimum absolute atomic E-state index is 0.255. The monoisotopic (exact) mass is 412 g/mol. The van der Waals surface area contributed by atoms with Gasteiger partial charge in [0.05, 0.1) is 5.41 Å². The van der Waals surface area contributed by atoms with Crippen LogP contribution in [0.1, 0.15) is 54.9 Å². The van der Waals surface area contributed by atoms with Gasteiger partial charge in [-0.1, -0.05) is 62.4 Å². The molecule has 0 spiro atoms. The van der Waals surface area contributed by atoms with E-state index in [1.54, 1.807) is 0 Å². The number of Topliss-reactive ketones (excluding diaryl/α,β-unsaturated/α-hetero) is 1. The molecule has 0 radical (unpaired) electrons. The molecule has 0 aromatic heterocycles. The molecule has 1 saturated carbocycles. The van der Waals surface area contributed by atoms with Gasteiger partial charge in [0.25, 0.3) is 0 Å². The highest BCUT2D eigenvalue weighted by molar-refractivity contribution is 5.95. The predicted molar refractivity (Wildman–Crippen MR) is 123 cm³/mol. The highest BCUT2D eigenvalue weighted by atomic mass is 16.7. The lowest BCUT2D eigenvalue weighted by molar-refractivity contribution is -0.120.